The minimum absolute atomic E-state index is 0.0430. The Morgan fingerprint density at radius 3 is 1.40 bits per heavy atom. The summed E-state index contributed by atoms with van der Waals surface area (Å²) in [6.07, 6.45) is -3.82. The van der Waals surface area contributed by atoms with Crippen LogP contribution < -0.4 is 21.8 Å². The average Bonchev–Trinajstić information content (AvgIpc) is 0.937. The number of hydrogen-bond donors (Lipinski definition) is 18. The van der Waals surface area contributed by atoms with Gasteiger partial charge in [0, 0.05) is 129 Å². The van der Waals surface area contributed by atoms with Crippen LogP contribution in [0.2, 0.25) is 0 Å². The maximum atomic E-state index is 14.9. The number of nitrogens with one attached hydrogen (secondary N) is 5. The number of ether oxygens (including phenoxy) is 8. The second kappa shape index (κ2) is 50.0. The molecule has 2 aromatic heterocycles. The molecule has 0 bridgehead atoms. The van der Waals surface area contributed by atoms with Crippen molar-refractivity contribution >= 4 is 41.6 Å². The van der Waals surface area contributed by atoms with E-state index >= 15 is 0 Å². The Labute approximate surface area is 665 Å². The van der Waals surface area contributed by atoms with Crippen LogP contribution in [0.4, 0.5) is 0 Å². The Balaban J connectivity index is 1.13. The summed E-state index contributed by atoms with van der Waals surface area (Å²) in [4.78, 5) is 59.4. The van der Waals surface area contributed by atoms with Crippen LogP contribution in [-0.4, -0.2) is 362 Å². The maximum Gasteiger partial charge on any atom is 0.217 e. The van der Waals surface area contributed by atoms with Crippen LogP contribution in [0.1, 0.15) is 156 Å². The van der Waals surface area contributed by atoms with E-state index in [0.29, 0.717) is 154 Å². The van der Waals surface area contributed by atoms with E-state index < -0.39 is 184 Å². The van der Waals surface area contributed by atoms with Crippen molar-refractivity contribution in [3.63, 3.8) is 0 Å². The number of nitrogens with two attached hydrogens (primary N) is 1. The fourth-order valence-corrected chi connectivity index (χ4v) is 14.0. The number of hydrazine groups is 1. The third kappa shape index (κ3) is 31.3. The summed E-state index contributed by atoms with van der Waals surface area (Å²) in [6, 6.07) is -4.80. The number of aryl methyl sites for hydroxylation is 2. The Morgan fingerprint density at radius 2 is 0.991 bits per heavy atom. The number of carbonyl (C=O) groups excluding carboxylic acids is 4. The molecule has 114 heavy (non-hydrogen) atoms. The van der Waals surface area contributed by atoms with Gasteiger partial charge < -0.3 is 115 Å². The largest absolute Gasteiger partial charge is 0.394 e. The summed E-state index contributed by atoms with van der Waals surface area (Å²) in [6.45, 7) is 12.5. The van der Waals surface area contributed by atoms with Crippen molar-refractivity contribution in [3.05, 3.63) is 23.8 Å². The van der Waals surface area contributed by atoms with E-state index in [1.54, 1.807) is 22.5 Å². The molecule has 0 spiro atoms. The summed E-state index contributed by atoms with van der Waals surface area (Å²) in [5.74, 6) is 4.49. The van der Waals surface area contributed by atoms with Gasteiger partial charge in [0.1, 0.15) is 97.0 Å². The molecule has 3 amide bonds. The Kier molecular flexibility index (Phi) is 42.4. The molecule has 650 valence electrons. The molecule has 4 fully saturated rings. The van der Waals surface area contributed by atoms with Crippen molar-refractivity contribution in [1.82, 2.24) is 55.7 Å². The first-order valence-corrected chi connectivity index (χ1v) is 39.8. The highest BCUT2D eigenvalue weighted by Gasteiger charge is 2.49. The van der Waals surface area contributed by atoms with Crippen LogP contribution in [-0.2, 0) is 83.3 Å². The van der Waals surface area contributed by atoms with Crippen LogP contribution in [0.5, 0.6) is 0 Å². The summed E-state index contributed by atoms with van der Waals surface area (Å²) in [5, 5.41) is 162. The van der Waals surface area contributed by atoms with Gasteiger partial charge in [0.05, 0.1) is 50.0 Å². The number of aliphatic hydroxyl groups is 12. The second-order valence-corrected chi connectivity index (χ2v) is 30.9. The van der Waals surface area contributed by atoms with Gasteiger partial charge >= 0.3 is 0 Å². The van der Waals surface area contributed by atoms with Crippen LogP contribution in [0.25, 0.3) is 0 Å². The van der Waals surface area contributed by atoms with E-state index in [1.807, 2.05) is 38.1 Å². The van der Waals surface area contributed by atoms with E-state index in [1.165, 1.54) is 31.7 Å². The standard InChI is InChI=1S/C73H129N17O24/c1-44-60(98)61(99)53(40-91)111-69(44)107-28-18-8-13-23-77-32-49(81-75)37-87(33-48(74)34-88(76)25-14-9-19-29-108-70-57(78-45(2)95)65(103)62(100)54(41-92)112-70)52(68(106)73(5,6)7)22-12-17-24-86(35-50-38-89(84-82-50)26-15-10-20-30-109-71-58(79-46(3)96)66(104)63(101)55(42-93)113-71)36-51-39-90(85-83-51)27-16-11-21-31-110-72-59(80-47(4)97)67(105)64(102)56(43-94)114-72/h32,34,38-39,44,49,52-67,69-72,75,91-94,98-105H,8-31,33,35-37,40-43H2,1-7H3,(H5-,74,76,78,79,80,95,96,97)/p+1/t44-,49?,52+,53-,54-,55-,56-,57-,58-,59-,60-,61+,62+,63+,64+,65-,66-,67-,69-,70-,71-,72-/m1/s1. The van der Waals surface area contributed by atoms with Gasteiger partial charge in [-0.25, -0.2) is 11.4 Å². The number of ketones is 1. The molecule has 41 nitrogen and oxygen atoms in total. The van der Waals surface area contributed by atoms with E-state index in [4.69, 9.17) is 49.3 Å². The number of rotatable bonds is 53. The maximum absolute atomic E-state index is 14.9. The summed E-state index contributed by atoms with van der Waals surface area (Å²) in [7, 11) is 0. The lowest BCUT2D eigenvalue weighted by Gasteiger charge is -2.42. The van der Waals surface area contributed by atoms with Crippen molar-refractivity contribution in [1.29, 1.82) is 10.9 Å². The van der Waals surface area contributed by atoms with Gasteiger partial charge in [-0.2, -0.15) is 5.11 Å². The monoisotopic (exact) mass is 1630 g/mol. The number of hydrazone groups is 1. The zero-order valence-electron chi connectivity index (χ0n) is 66.9. The first kappa shape index (κ1) is 96.7. The molecule has 4 aliphatic heterocycles. The predicted octanol–water partition coefficient (Wildman–Crippen LogP) is -3.57. The third-order valence-electron chi connectivity index (χ3n) is 20.3. The Morgan fingerprint density at radius 1 is 0.588 bits per heavy atom. The zero-order valence-corrected chi connectivity index (χ0v) is 66.9. The highest BCUT2D eigenvalue weighted by molar-refractivity contribution is 6.28. The number of hydrogen-bond acceptors (Lipinski definition) is 35. The first-order valence-electron chi connectivity index (χ1n) is 39.8. The van der Waals surface area contributed by atoms with Gasteiger partial charge in [-0.1, -0.05) is 44.5 Å². The van der Waals surface area contributed by atoms with Crippen LogP contribution in [0, 0.1) is 22.3 Å². The van der Waals surface area contributed by atoms with Crippen molar-refractivity contribution in [3.8, 4) is 0 Å². The lowest BCUT2D eigenvalue weighted by atomic mass is 9.83. The molecule has 6 heterocycles. The molecule has 1 unspecified atom stereocenters. The van der Waals surface area contributed by atoms with Crippen molar-refractivity contribution in [2.24, 2.45) is 27.3 Å². The second-order valence-electron chi connectivity index (χ2n) is 30.9. The van der Waals surface area contributed by atoms with E-state index in [9.17, 15) is 85.9 Å². The van der Waals surface area contributed by atoms with E-state index in [2.05, 4.69) is 51.6 Å². The molecule has 6 rings (SSSR count). The molecule has 0 radical (unpaired) electrons. The topological polar surface area (TPSA) is 590 Å². The average molecular weight is 1630 g/mol. The molecular formula is C73H130N17O24+. The number of aromatic nitrogens is 6. The van der Waals surface area contributed by atoms with E-state index in [-0.39, 0.29) is 51.0 Å². The quantitative estimate of drug-likeness (QED) is 0.00761. The van der Waals surface area contributed by atoms with Crippen LogP contribution >= 0.6 is 0 Å². The molecule has 4 saturated heterocycles. The number of Topliss-reactive ketones (excluding diaryl/α,β-unsaturated/α-hetero) is 1. The molecular weight excluding hydrogens is 1500 g/mol. The fraction of sp³-hybridized carbons (Fsp3) is 0.849. The number of nitrogens with zero attached hydrogens (tertiary/aromatic N) is 11. The molecule has 2 aromatic rings. The molecule has 0 aliphatic carbocycles. The predicted molar refractivity (Wildman–Crippen MR) is 405 cm³/mol. The van der Waals surface area contributed by atoms with E-state index in [0.717, 1.165) is 0 Å². The summed E-state index contributed by atoms with van der Waals surface area (Å²) < 4.78 is 51.2. The SMILES string of the molecule is CC(=O)N[C@H]1[C@H](OCCCCCn2cc(CN(CCCC[C@@H](C(=O)C(C)(C)C)N(CC(=N)C=[N+](N)CCCCCO[C@@H]3O[C@H](CO)[C@H](O)[C@H](O)[C@H]3NC(C)=O)CC(C=NCCCCCO[C@@H]3O[C@H](CO)[C@H](O)[C@H](O)[C@H]3C)N=N)Cc3cn(CCCCCO[C@@H]4O[C@H](CO)[C@H](O)[C@H](O)[C@H]4NC(C)=O)nn3)nn2)O[C@H](CO)[C@H](O)[C@@H]1O. The van der Waals surface area contributed by atoms with Gasteiger partial charge in [0.25, 0.3) is 0 Å². The fourth-order valence-electron chi connectivity index (χ4n) is 14.0. The van der Waals surface area contributed by atoms with Crippen molar-refractivity contribution < 1.29 is 123 Å². The van der Waals surface area contributed by atoms with Crippen molar-refractivity contribution in [2.75, 3.05) is 85.6 Å². The van der Waals surface area contributed by atoms with Gasteiger partial charge in [-0.15, -0.1) is 14.9 Å². The number of carbonyl (C=O) groups is 4. The smallest absolute Gasteiger partial charge is 0.217 e. The molecule has 41 heteroatoms. The lowest BCUT2D eigenvalue weighted by molar-refractivity contribution is -0.534. The molecule has 0 aromatic carbocycles. The third-order valence-corrected chi connectivity index (χ3v) is 20.3. The summed E-state index contributed by atoms with van der Waals surface area (Å²) in [5.41, 5.74) is 8.91. The Hall–Kier alpha value is -6.11. The minimum atomic E-state index is -1.46. The molecule has 22 atom stereocenters. The molecule has 19 N–H and O–H groups in total. The first-order chi connectivity index (χ1) is 54.4. The van der Waals surface area contributed by atoms with Crippen molar-refractivity contribution in [2.45, 2.75) is 300 Å². The number of unbranched alkanes of at least 4 members (excludes halogenated alkanes) is 9. The number of amides is 3. The number of aliphatic hydroxyl groups excluding tert-OH is 12. The van der Waals surface area contributed by atoms with Gasteiger partial charge in [0.2, 0.25) is 23.9 Å². The molecule has 4 aliphatic rings. The van der Waals surface area contributed by atoms with Gasteiger partial charge in [0.15, 0.2) is 37.5 Å². The van der Waals surface area contributed by atoms with Crippen LogP contribution in [0.15, 0.2) is 22.5 Å². The zero-order chi connectivity index (χ0) is 83.6. The molecule has 0 saturated carbocycles. The van der Waals surface area contributed by atoms with Gasteiger partial charge in [-0.05, 0) is 90.0 Å². The number of aliphatic imine (C=N–C) groups is 1. The Bertz CT molecular complexity index is 3130. The summed E-state index contributed by atoms with van der Waals surface area (Å²) >= 11 is 0. The van der Waals surface area contributed by atoms with Gasteiger partial charge in [-0.3, -0.25) is 48.7 Å². The highest BCUT2D eigenvalue weighted by Crippen LogP contribution is 2.30. The normalized spacial score (nSPS) is 28.9. The highest BCUT2D eigenvalue weighted by atomic mass is 16.7. The minimum Gasteiger partial charge on any atom is -0.394 e. The van der Waals surface area contributed by atoms with Crippen LogP contribution in [0.3, 0.4) is 0 Å². The lowest BCUT2D eigenvalue weighted by Crippen LogP contribution is -2.64.